The van der Waals surface area contributed by atoms with Gasteiger partial charge in [-0.05, 0) is 61.6 Å². The van der Waals surface area contributed by atoms with Gasteiger partial charge in [-0.2, -0.15) is 16.4 Å². The maximum absolute atomic E-state index is 12.7. The highest BCUT2D eigenvalue weighted by Gasteiger charge is 2.23. The van der Waals surface area contributed by atoms with E-state index in [2.05, 4.69) is 35.7 Å². The van der Waals surface area contributed by atoms with Crippen LogP contribution in [0.3, 0.4) is 0 Å². The molecule has 6 nitrogen and oxygen atoms in total. The van der Waals surface area contributed by atoms with Crippen molar-refractivity contribution in [1.82, 2.24) is 20.0 Å². The molecule has 0 spiro atoms. The summed E-state index contributed by atoms with van der Waals surface area (Å²) in [5, 5.41) is 11.7. The Hall–Kier alpha value is -1.86. The van der Waals surface area contributed by atoms with E-state index >= 15 is 0 Å². The van der Waals surface area contributed by atoms with Gasteiger partial charge in [-0.1, -0.05) is 0 Å². The molecule has 0 radical (unpaired) electrons. The van der Waals surface area contributed by atoms with Gasteiger partial charge in [-0.25, -0.2) is 4.79 Å². The Labute approximate surface area is 159 Å². The Morgan fingerprint density at radius 3 is 2.92 bits per heavy atom. The Balaban J connectivity index is 1.56. The maximum atomic E-state index is 12.7. The van der Waals surface area contributed by atoms with Gasteiger partial charge in [0.15, 0.2) is 0 Å². The minimum atomic E-state index is -0.0371. The Morgan fingerprint density at radius 1 is 1.46 bits per heavy atom. The lowest BCUT2D eigenvalue weighted by Gasteiger charge is -2.25. The lowest BCUT2D eigenvalue weighted by atomic mass is 10.2. The van der Waals surface area contributed by atoms with Crippen LogP contribution in [0.5, 0.6) is 0 Å². The van der Waals surface area contributed by atoms with Crippen molar-refractivity contribution in [3.63, 3.8) is 0 Å². The van der Waals surface area contributed by atoms with Crippen LogP contribution >= 0.6 is 11.3 Å². The molecule has 0 unspecified atom stereocenters. The maximum Gasteiger partial charge on any atom is 0.317 e. The molecular weight excluding hydrogens is 348 g/mol. The van der Waals surface area contributed by atoms with Crippen LogP contribution in [0, 0.1) is 20.8 Å². The molecule has 2 aromatic rings. The summed E-state index contributed by atoms with van der Waals surface area (Å²) in [5.41, 5.74) is 4.59. The van der Waals surface area contributed by atoms with Crippen molar-refractivity contribution < 1.29 is 9.53 Å². The van der Waals surface area contributed by atoms with Gasteiger partial charge in [0, 0.05) is 31.9 Å². The van der Waals surface area contributed by atoms with E-state index in [0.29, 0.717) is 26.2 Å². The van der Waals surface area contributed by atoms with Crippen LogP contribution in [0.4, 0.5) is 4.79 Å². The van der Waals surface area contributed by atoms with E-state index in [1.807, 2.05) is 21.9 Å². The summed E-state index contributed by atoms with van der Waals surface area (Å²) in [7, 11) is 0. The molecule has 2 aromatic heterocycles. The molecule has 1 N–H and O–H groups in total. The largest absolute Gasteiger partial charge is 0.376 e. The molecule has 142 valence electrons. The lowest BCUT2D eigenvalue weighted by molar-refractivity contribution is 0.0795. The molecule has 1 aliphatic heterocycles. The first-order valence-electron chi connectivity index (χ1n) is 9.20. The summed E-state index contributed by atoms with van der Waals surface area (Å²) in [6, 6.07) is 2.03. The summed E-state index contributed by atoms with van der Waals surface area (Å²) < 4.78 is 7.69. The molecule has 2 amide bonds. The molecule has 1 aliphatic rings. The topological polar surface area (TPSA) is 59.4 Å². The third-order valence-corrected chi connectivity index (χ3v) is 5.76. The quantitative estimate of drug-likeness (QED) is 0.807. The van der Waals surface area contributed by atoms with E-state index in [1.165, 1.54) is 5.56 Å². The average Bonchev–Trinajstić information content (AvgIpc) is 3.36. The number of ether oxygens (including phenoxy) is 1. The second kappa shape index (κ2) is 8.68. The number of urea groups is 1. The van der Waals surface area contributed by atoms with Gasteiger partial charge >= 0.3 is 6.03 Å². The normalized spacial score (nSPS) is 16.8. The van der Waals surface area contributed by atoms with Gasteiger partial charge in [-0.15, -0.1) is 0 Å². The van der Waals surface area contributed by atoms with E-state index in [0.717, 1.165) is 36.4 Å². The number of rotatable bonds is 7. The molecule has 1 saturated heterocycles. The molecule has 0 saturated carbocycles. The highest BCUT2D eigenvalue weighted by molar-refractivity contribution is 7.07. The van der Waals surface area contributed by atoms with Gasteiger partial charge in [0.05, 0.1) is 18.3 Å². The minimum Gasteiger partial charge on any atom is -0.376 e. The van der Waals surface area contributed by atoms with Crippen molar-refractivity contribution in [2.45, 2.75) is 52.8 Å². The van der Waals surface area contributed by atoms with Gasteiger partial charge < -0.3 is 15.0 Å². The predicted molar refractivity (Wildman–Crippen MR) is 104 cm³/mol. The molecule has 3 rings (SSSR count). The summed E-state index contributed by atoms with van der Waals surface area (Å²) in [4.78, 5) is 14.6. The highest BCUT2D eigenvalue weighted by Crippen LogP contribution is 2.16. The first-order chi connectivity index (χ1) is 12.5. The molecule has 1 atom stereocenters. The van der Waals surface area contributed by atoms with Crippen LogP contribution < -0.4 is 5.32 Å². The fourth-order valence-electron chi connectivity index (χ4n) is 3.24. The number of thiophene rings is 1. The number of carbonyl (C=O) groups excluding carboxylic acids is 1. The van der Waals surface area contributed by atoms with Crippen molar-refractivity contribution in [1.29, 1.82) is 0 Å². The molecule has 7 heteroatoms. The zero-order chi connectivity index (χ0) is 18.5. The fraction of sp³-hybridized carbons (Fsp3) is 0.579. The second-order valence-electron chi connectivity index (χ2n) is 6.90. The molecule has 26 heavy (non-hydrogen) atoms. The third-order valence-electron chi connectivity index (χ3n) is 5.03. The highest BCUT2D eigenvalue weighted by atomic mass is 32.1. The van der Waals surface area contributed by atoms with Crippen LogP contribution in [0.15, 0.2) is 16.8 Å². The minimum absolute atomic E-state index is 0.0371. The van der Waals surface area contributed by atoms with Gasteiger partial charge in [0.1, 0.15) is 0 Å². The number of hydrogen-bond donors (Lipinski definition) is 1. The van der Waals surface area contributed by atoms with E-state index < -0.39 is 0 Å². The number of nitrogens with one attached hydrogen (secondary N) is 1. The number of aryl methyl sites for hydroxylation is 1. The smallest absolute Gasteiger partial charge is 0.317 e. The summed E-state index contributed by atoms with van der Waals surface area (Å²) >= 11 is 1.66. The van der Waals surface area contributed by atoms with Crippen molar-refractivity contribution in [3.8, 4) is 0 Å². The van der Waals surface area contributed by atoms with E-state index in [-0.39, 0.29) is 12.1 Å². The number of hydrogen-bond acceptors (Lipinski definition) is 4. The number of aromatic nitrogens is 2. The van der Waals surface area contributed by atoms with Gasteiger partial charge in [0.25, 0.3) is 0 Å². The first-order valence-corrected chi connectivity index (χ1v) is 10.1. The molecule has 3 heterocycles. The summed E-state index contributed by atoms with van der Waals surface area (Å²) in [6.45, 7) is 9.46. The molecule has 0 aromatic carbocycles. The number of amides is 2. The van der Waals surface area contributed by atoms with Crippen LogP contribution in [0.1, 0.15) is 35.4 Å². The van der Waals surface area contributed by atoms with Crippen LogP contribution in [-0.2, 0) is 17.8 Å². The zero-order valence-electron chi connectivity index (χ0n) is 15.8. The SMILES string of the molecule is Cc1nn(CCNC(=O)N(Cc2ccsc2)C[C@H]2CCCO2)c(C)c1C. The Morgan fingerprint density at radius 2 is 2.31 bits per heavy atom. The van der Waals surface area contributed by atoms with Crippen molar-refractivity contribution in [2.24, 2.45) is 0 Å². The number of nitrogens with zero attached hydrogens (tertiary/aromatic N) is 3. The fourth-order valence-corrected chi connectivity index (χ4v) is 3.90. The zero-order valence-corrected chi connectivity index (χ0v) is 16.6. The van der Waals surface area contributed by atoms with Gasteiger partial charge in [-0.3, -0.25) is 4.68 Å². The van der Waals surface area contributed by atoms with E-state index in [4.69, 9.17) is 4.74 Å². The van der Waals surface area contributed by atoms with Crippen molar-refractivity contribution >= 4 is 17.4 Å². The molecule has 1 fully saturated rings. The second-order valence-corrected chi connectivity index (χ2v) is 7.68. The molecule has 0 bridgehead atoms. The van der Waals surface area contributed by atoms with Crippen LogP contribution in [-0.4, -0.2) is 46.5 Å². The van der Waals surface area contributed by atoms with E-state index in [9.17, 15) is 4.79 Å². The van der Waals surface area contributed by atoms with Crippen LogP contribution in [0.2, 0.25) is 0 Å². The van der Waals surface area contributed by atoms with Crippen LogP contribution in [0.25, 0.3) is 0 Å². The monoisotopic (exact) mass is 376 g/mol. The molecular formula is C19H28N4O2S. The van der Waals surface area contributed by atoms with Crippen molar-refractivity contribution in [2.75, 3.05) is 19.7 Å². The summed E-state index contributed by atoms with van der Waals surface area (Å²) in [6.07, 6.45) is 2.26. The third kappa shape index (κ3) is 4.65. The van der Waals surface area contributed by atoms with E-state index in [1.54, 1.807) is 11.3 Å². The first kappa shape index (κ1) is 18.9. The lowest BCUT2D eigenvalue weighted by Crippen LogP contribution is -2.44. The number of carbonyl (C=O) groups is 1. The van der Waals surface area contributed by atoms with Gasteiger partial charge in [0.2, 0.25) is 0 Å². The Kier molecular flexibility index (Phi) is 6.32. The Bertz CT molecular complexity index is 720. The predicted octanol–water partition coefficient (Wildman–Crippen LogP) is 3.26. The van der Waals surface area contributed by atoms with Crippen molar-refractivity contribution in [3.05, 3.63) is 39.3 Å². The standard InChI is InChI=1S/C19H28N4O2S/c1-14-15(2)21-23(16(14)3)8-7-20-19(24)22(11-17-6-10-26-13-17)12-18-5-4-9-25-18/h6,10,13,18H,4-5,7-9,11-12H2,1-3H3,(H,20,24)/t18-/m1/s1. The average molecular weight is 377 g/mol. The molecule has 0 aliphatic carbocycles. The summed E-state index contributed by atoms with van der Waals surface area (Å²) in [5.74, 6) is 0.